The number of amides is 2. The average Bonchev–Trinajstić information content (AvgIpc) is 2.40. The lowest BCUT2D eigenvalue weighted by atomic mass is 10.1. The van der Waals surface area contributed by atoms with Crippen molar-refractivity contribution in [2.45, 2.75) is 20.3 Å². The molecule has 4 nitrogen and oxygen atoms in total. The molecular weight excluding hydrogens is 320 g/mol. The number of likely N-dealkylation sites (N-methyl/N-ethyl adjacent to an activating group) is 1. The predicted molar refractivity (Wildman–Crippen MR) is 83.3 cm³/mol. The van der Waals surface area contributed by atoms with Gasteiger partial charge >= 0.3 is 0 Å². The minimum Gasteiger partial charge on any atom is -0.354 e. The van der Waals surface area contributed by atoms with Crippen molar-refractivity contribution in [3.8, 4) is 0 Å². The molecule has 0 aromatic heterocycles. The summed E-state index contributed by atoms with van der Waals surface area (Å²) in [6.45, 7) is 4.69. The van der Waals surface area contributed by atoms with Gasteiger partial charge in [-0.3, -0.25) is 9.59 Å². The average molecular weight is 341 g/mol. The molecule has 0 radical (unpaired) electrons. The van der Waals surface area contributed by atoms with Crippen molar-refractivity contribution in [2.24, 2.45) is 5.92 Å². The molecule has 0 saturated carbocycles. The summed E-state index contributed by atoms with van der Waals surface area (Å²) in [5.74, 6) is 0.0173. The molecule has 0 atom stereocenters. The fourth-order valence-electron chi connectivity index (χ4n) is 1.62. The Balaban J connectivity index is 2.40. The van der Waals surface area contributed by atoms with Crippen LogP contribution in [0.5, 0.6) is 0 Å². The number of carbonyl (C=O) groups excluding carboxylic acids is 2. The van der Waals surface area contributed by atoms with Crippen LogP contribution in [0.4, 0.5) is 0 Å². The van der Waals surface area contributed by atoms with Gasteiger partial charge in [-0.25, -0.2) is 0 Å². The molecule has 110 valence electrons. The Kier molecular flexibility index (Phi) is 6.71. The van der Waals surface area contributed by atoms with Crippen molar-refractivity contribution >= 4 is 27.7 Å². The highest BCUT2D eigenvalue weighted by Crippen LogP contribution is 2.16. The van der Waals surface area contributed by atoms with Gasteiger partial charge in [0, 0.05) is 30.5 Å². The Bertz CT molecular complexity index is 475. The number of nitrogens with zero attached hydrogens (tertiary/aromatic N) is 1. The van der Waals surface area contributed by atoms with Gasteiger partial charge in [-0.2, -0.15) is 0 Å². The highest BCUT2D eigenvalue weighted by molar-refractivity contribution is 9.10. The number of halogens is 1. The quantitative estimate of drug-likeness (QED) is 0.863. The van der Waals surface area contributed by atoms with E-state index in [-0.39, 0.29) is 17.7 Å². The smallest absolute Gasteiger partial charge is 0.226 e. The predicted octanol–water partition coefficient (Wildman–Crippen LogP) is 2.22. The molecule has 1 aromatic rings. The van der Waals surface area contributed by atoms with E-state index >= 15 is 0 Å². The van der Waals surface area contributed by atoms with Gasteiger partial charge in [-0.15, -0.1) is 0 Å². The molecule has 0 spiro atoms. The fraction of sp³-hybridized carbons (Fsp3) is 0.467. The molecule has 0 aliphatic heterocycles. The van der Waals surface area contributed by atoms with Crippen molar-refractivity contribution < 1.29 is 9.59 Å². The van der Waals surface area contributed by atoms with E-state index in [1.54, 1.807) is 11.9 Å². The van der Waals surface area contributed by atoms with E-state index in [1.165, 1.54) is 0 Å². The first kappa shape index (κ1) is 16.7. The van der Waals surface area contributed by atoms with Gasteiger partial charge in [0.15, 0.2) is 0 Å². The van der Waals surface area contributed by atoms with E-state index < -0.39 is 0 Å². The summed E-state index contributed by atoms with van der Waals surface area (Å²) in [5, 5.41) is 2.80. The first-order chi connectivity index (χ1) is 9.41. The maximum absolute atomic E-state index is 12.1. The van der Waals surface area contributed by atoms with Crippen molar-refractivity contribution in [1.29, 1.82) is 0 Å². The molecule has 0 unspecified atom stereocenters. The largest absolute Gasteiger partial charge is 0.354 e. The maximum atomic E-state index is 12.1. The summed E-state index contributed by atoms with van der Waals surface area (Å²) in [5.41, 5.74) is 0.968. The molecule has 1 rings (SSSR count). The number of hydrogen-bond donors (Lipinski definition) is 1. The van der Waals surface area contributed by atoms with E-state index in [4.69, 9.17) is 0 Å². The van der Waals surface area contributed by atoms with Gasteiger partial charge in [0.1, 0.15) is 0 Å². The maximum Gasteiger partial charge on any atom is 0.226 e. The summed E-state index contributed by atoms with van der Waals surface area (Å²) < 4.78 is 0.940. The van der Waals surface area contributed by atoms with Crippen LogP contribution in [0.3, 0.4) is 0 Å². The molecule has 0 saturated heterocycles. The van der Waals surface area contributed by atoms with E-state index in [0.717, 1.165) is 10.0 Å². The van der Waals surface area contributed by atoms with E-state index in [2.05, 4.69) is 21.2 Å². The molecule has 1 N–H and O–H groups in total. The van der Waals surface area contributed by atoms with Crippen LogP contribution in [0.15, 0.2) is 28.7 Å². The molecule has 0 bridgehead atoms. The Hall–Kier alpha value is -1.36. The van der Waals surface area contributed by atoms with Crippen molar-refractivity contribution in [2.75, 3.05) is 20.1 Å². The second kappa shape index (κ2) is 8.04. The van der Waals surface area contributed by atoms with Gasteiger partial charge in [0.25, 0.3) is 0 Å². The van der Waals surface area contributed by atoms with Crippen LogP contribution in [-0.4, -0.2) is 36.9 Å². The zero-order chi connectivity index (χ0) is 15.1. The number of nitrogens with one attached hydrogen (secondary N) is 1. The lowest BCUT2D eigenvalue weighted by Crippen LogP contribution is -2.38. The molecule has 0 fully saturated rings. The standard InChI is InChI=1S/C15H21BrN2O2/c1-11(2)15(20)17-8-9-18(3)14(19)10-12-6-4-5-7-13(12)16/h4-7,11H,8-10H2,1-3H3,(H,17,20). The third-order valence-corrected chi connectivity index (χ3v) is 3.77. The summed E-state index contributed by atoms with van der Waals surface area (Å²) in [7, 11) is 1.75. The van der Waals surface area contributed by atoms with Crippen LogP contribution in [-0.2, 0) is 16.0 Å². The van der Waals surface area contributed by atoms with Crippen LogP contribution < -0.4 is 5.32 Å². The lowest BCUT2D eigenvalue weighted by Gasteiger charge is -2.18. The summed E-state index contributed by atoms with van der Waals surface area (Å²) in [6, 6.07) is 7.68. The highest BCUT2D eigenvalue weighted by Gasteiger charge is 2.12. The SMILES string of the molecule is CC(C)C(=O)NCCN(C)C(=O)Cc1ccccc1Br. The molecule has 5 heteroatoms. The Morgan fingerprint density at radius 1 is 1.30 bits per heavy atom. The second-order valence-electron chi connectivity index (χ2n) is 5.03. The third-order valence-electron chi connectivity index (χ3n) is 3.00. The molecule has 20 heavy (non-hydrogen) atoms. The number of hydrogen-bond acceptors (Lipinski definition) is 2. The van der Waals surface area contributed by atoms with E-state index in [9.17, 15) is 9.59 Å². The van der Waals surface area contributed by atoms with Crippen molar-refractivity contribution in [1.82, 2.24) is 10.2 Å². The fourth-order valence-corrected chi connectivity index (χ4v) is 2.04. The van der Waals surface area contributed by atoms with Crippen molar-refractivity contribution in [3.63, 3.8) is 0 Å². The monoisotopic (exact) mass is 340 g/mol. The first-order valence-electron chi connectivity index (χ1n) is 6.67. The van der Waals surface area contributed by atoms with Crippen LogP contribution in [0.1, 0.15) is 19.4 Å². The number of carbonyl (C=O) groups is 2. The Labute approximate surface area is 128 Å². The van der Waals surface area contributed by atoms with Gasteiger partial charge < -0.3 is 10.2 Å². The first-order valence-corrected chi connectivity index (χ1v) is 7.46. The molecule has 0 aliphatic rings. The third kappa shape index (κ3) is 5.33. The van der Waals surface area contributed by atoms with E-state index in [0.29, 0.717) is 19.5 Å². The lowest BCUT2D eigenvalue weighted by molar-refractivity contribution is -0.130. The Morgan fingerprint density at radius 3 is 2.55 bits per heavy atom. The van der Waals surface area contributed by atoms with Gasteiger partial charge in [-0.1, -0.05) is 48.0 Å². The zero-order valence-corrected chi connectivity index (χ0v) is 13.7. The van der Waals surface area contributed by atoms with E-state index in [1.807, 2.05) is 38.1 Å². The highest BCUT2D eigenvalue weighted by atomic mass is 79.9. The molecule has 0 aliphatic carbocycles. The normalized spacial score (nSPS) is 10.4. The van der Waals surface area contributed by atoms with Crippen LogP contribution in [0.25, 0.3) is 0 Å². The van der Waals surface area contributed by atoms with Gasteiger partial charge in [-0.05, 0) is 11.6 Å². The van der Waals surface area contributed by atoms with Crippen molar-refractivity contribution in [3.05, 3.63) is 34.3 Å². The van der Waals surface area contributed by atoms with Gasteiger partial charge in [0.2, 0.25) is 11.8 Å². The summed E-state index contributed by atoms with van der Waals surface area (Å²) >= 11 is 3.43. The molecule has 1 aromatic carbocycles. The number of rotatable bonds is 6. The van der Waals surface area contributed by atoms with Crippen LogP contribution in [0.2, 0.25) is 0 Å². The zero-order valence-electron chi connectivity index (χ0n) is 12.1. The van der Waals surface area contributed by atoms with Gasteiger partial charge in [0.05, 0.1) is 6.42 Å². The van der Waals surface area contributed by atoms with Crippen LogP contribution >= 0.6 is 15.9 Å². The molecule has 2 amide bonds. The second-order valence-corrected chi connectivity index (χ2v) is 5.88. The minimum atomic E-state index is -0.0312. The minimum absolute atomic E-state index is 0.0108. The number of benzene rings is 1. The molecular formula is C15H21BrN2O2. The summed E-state index contributed by atoms with van der Waals surface area (Å²) in [6.07, 6.45) is 0.357. The summed E-state index contributed by atoms with van der Waals surface area (Å²) in [4.78, 5) is 25.1. The van der Waals surface area contributed by atoms with Crippen LogP contribution in [0, 0.1) is 5.92 Å². The topological polar surface area (TPSA) is 49.4 Å². The molecule has 0 heterocycles. The Morgan fingerprint density at radius 2 is 1.95 bits per heavy atom.